The molecule has 0 atom stereocenters. The highest BCUT2D eigenvalue weighted by atomic mass is 32.2. The zero-order chi connectivity index (χ0) is 23.5. The lowest BCUT2D eigenvalue weighted by atomic mass is 10.0. The Balaban J connectivity index is 2.19. The van der Waals surface area contributed by atoms with Gasteiger partial charge in [0.2, 0.25) is 10.0 Å². The topological polar surface area (TPSA) is 86.6 Å². The number of benzene rings is 2. The first kappa shape index (κ1) is 23.3. The summed E-state index contributed by atoms with van der Waals surface area (Å²) in [4.78, 5) is 12.1. The molecular formula is C22H22F2N2O5S. The van der Waals surface area contributed by atoms with Crippen molar-refractivity contribution in [3.8, 4) is 28.4 Å². The molecule has 0 unspecified atom stereocenters. The molecule has 3 aromatic rings. The van der Waals surface area contributed by atoms with Gasteiger partial charge < -0.3 is 14.0 Å². The van der Waals surface area contributed by atoms with Gasteiger partial charge in [-0.1, -0.05) is 0 Å². The van der Waals surface area contributed by atoms with Crippen molar-refractivity contribution in [2.24, 2.45) is 7.05 Å². The van der Waals surface area contributed by atoms with Gasteiger partial charge in [-0.15, -0.1) is 0 Å². The molecule has 2 aromatic carbocycles. The molecule has 0 amide bonds. The molecule has 0 fully saturated rings. The Morgan fingerprint density at radius 3 is 2.38 bits per heavy atom. The van der Waals surface area contributed by atoms with Gasteiger partial charge in [-0.2, -0.15) is 0 Å². The first-order valence-electron chi connectivity index (χ1n) is 9.74. The van der Waals surface area contributed by atoms with Gasteiger partial charge in [-0.05, 0) is 44.2 Å². The van der Waals surface area contributed by atoms with Gasteiger partial charge >= 0.3 is 0 Å². The highest BCUT2D eigenvalue weighted by molar-refractivity contribution is 7.92. The molecule has 1 N–H and O–H groups in total. The number of sulfonamides is 1. The summed E-state index contributed by atoms with van der Waals surface area (Å²) in [5.41, 5.74) is 0.785. The van der Waals surface area contributed by atoms with E-state index in [1.807, 2.05) is 0 Å². The van der Waals surface area contributed by atoms with Crippen LogP contribution in [0.2, 0.25) is 0 Å². The summed E-state index contributed by atoms with van der Waals surface area (Å²) >= 11 is 0. The van der Waals surface area contributed by atoms with Crippen LogP contribution in [0, 0.1) is 11.6 Å². The number of rotatable bonds is 8. The Bertz CT molecular complexity index is 1310. The zero-order valence-electron chi connectivity index (χ0n) is 17.7. The van der Waals surface area contributed by atoms with Crippen molar-refractivity contribution in [3.05, 3.63) is 70.6 Å². The minimum Gasteiger partial charge on any atom is -0.493 e. The van der Waals surface area contributed by atoms with Crippen molar-refractivity contribution in [3.63, 3.8) is 0 Å². The summed E-state index contributed by atoms with van der Waals surface area (Å²) < 4.78 is 66.2. The van der Waals surface area contributed by atoms with Crippen LogP contribution in [0.5, 0.6) is 17.2 Å². The average Bonchev–Trinajstić information content (AvgIpc) is 2.74. The van der Waals surface area contributed by atoms with Gasteiger partial charge in [-0.25, -0.2) is 17.2 Å². The SMILES string of the molecule is CCOc1cc(=O)n(C)cc1-c1cc(NS(=O)(=O)CC)ccc1Oc1ccc(F)c(F)c1. The van der Waals surface area contributed by atoms with Crippen molar-refractivity contribution in [2.45, 2.75) is 13.8 Å². The van der Waals surface area contributed by atoms with Crippen molar-refractivity contribution >= 4 is 15.7 Å². The van der Waals surface area contributed by atoms with Crippen LogP contribution in [0.15, 0.2) is 53.5 Å². The molecular weight excluding hydrogens is 442 g/mol. The Morgan fingerprint density at radius 2 is 1.72 bits per heavy atom. The predicted octanol–water partition coefficient (Wildman–Crippen LogP) is 4.28. The molecule has 3 rings (SSSR count). The molecule has 10 heteroatoms. The summed E-state index contributed by atoms with van der Waals surface area (Å²) in [6.45, 7) is 3.54. The fourth-order valence-corrected chi connectivity index (χ4v) is 3.53. The molecule has 0 saturated carbocycles. The van der Waals surface area contributed by atoms with Gasteiger partial charge in [0.15, 0.2) is 11.6 Å². The van der Waals surface area contributed by atoms with E-state index in [0.29, 0.717) is 11.1 Å². The molecule has 1 heterocycles. The van der Waals surface area contributed by atoms with Crippen LogP contribution in [-0.4, -0.2) is 25.3 Å². The van der Waals surface area contributed by atoms with Crippen LogP contribution in [0.4, 0.5) is 14.5 Å². The number of pyridine rings is 1. The highest BCUT2D eigenvalue weighted by Gasteiger charge is 2.18. The van der Waals surface area contributed by atoms with Crippen LogP contribution < -0.4 is 19.8 Å². The van der Waals surface area contributed by atoms with Crippen LogP contribution in [0.1, 0.15) is 13.8 Å². The van der Waals surface area contributed by atoms with E-state index in [1.165, 1.54) is 48.0 Å². The number of hydrogen-bond acceptors (Lipinski definition) is 5. The van der Waals surface area contributed by atoms with Crippen LogP contribution in [0.3, 0.4) is 0 Å². The Morgan fingerprint density at radius 1 is 0.969 bits per heavy atom. The number of aryl methyl sites for hydroxylation is 1. The summed E-state index contributed by atoms with van der Waals surface area (Å²) in [6, 6.07) is 8.90. The molecule has 0 saturated heterocycles. The van der Waals surface area contributed by atoms with Gasteiger partial charge in [0.25, 0.3) is 5.56 Å². The average molecular weight is 464 g/mol. The molecule has 0 radical (unpaired) electrons. The Labute approximate surface area is 184 Å². The first-order valence-corrected chi connectivity index (χ1v) is 11.4. The Hall–Kier alpha value is -3.40. The number of nitrogens with one attached hydrogen (secondary N) is 1. The minimum absolute atomic E-state index is 0.0369. The molecule has 0 aliphatic carbocycles. The van der Waals surface area contributed by atoms with Crippen LogP contribution in [0.25, 0.3) is 11.1 Å². The fourth-order valence-electron chi connectivity index (χ4n) is 2.90. The quantitative estimate of drug-likeness (QED) is 0.538. The third-order valence-corrected chi connectivity index (χ3v) is 5.84. The van der Waals surface area contributed by atoms with E-state index in [2.05, 4.69) is 4.72 Å². The summed E-state index contributed by atoms with van der Waals surface area (Å²) in [5.74, 6) is -1.70. The lowest BCUT2D eigenvalue weighted by Gasteiger charge is -2.17. The molecule has 0 aliphatic heterocycles. The van der Waals surface area contributed by atoms with Gasteiger partial charge in [-0.3, -0.25) is 9.52 Å². The number of ether oxygens (including phenoxy) is 2. The Kier molecular flexibility index (Phi) is 6.83. The maximum atomic E-state index is 13.7. The van der Waals surface area contributed by atoms with E-state index in [0.717, 1.165) is 12.1 Å². The van der Waals surface area contributed by atoms with Crippen molar-refractivity contribution in [1.29, 1.82) is 0 Å². The number of anilines is 1. The molecule has 32 heavy (non-hydrogen) atoms. The van der Waals surface area contributed by atoms with Crippen LogP contribution in [-0.2, 0) is 17.1 Å². The molecule has 0 spiro atoms. The predicted molar refractivity (Wildman–Crippen MR) is 118 cm³/mol. The standard InChI is InChI=1S/C22H22F2N2O5S/c1-4-30-21-12-22(27)26(3)13-17(21)16-10-14(25-32(28,29)5-2)6-9-20(16)31-15-7-8-18(23)19(24)11-15/h6-13,25H,4-5H2,1-3H3. The number of hydrogen-bond donors (Lipinski definition) is 1. The molecule has 7 nitrogen and oxygen atoms in total. The molecule has 170 valence electrons. The lowest BCUT2D eigenvalue weighted by molar-refractivity contribution is 0.340. The number of aromatic nitrogens is 1. The summed E-state index contributed by atoms with van der Waals surface area (Å²) in [7, 11) is -2.00. The van der Waals surface area contributed by atoms with Crippen molar-refractivity contribution in [2.75, 3.05) is 17.1 Å². The van der Waals surface area contributed by atoms with Crippen molar-refractivity contribution in [1.82, 2.24) is 4.57 Å². The van der Waals surface area contributed by atoms with E-state index < -0.39 is 21.7 Å². The first-order chi connectivity index (χ1) is 15.1. The van der Waals surface area contributed by atoms with Gasteiger partial charge in [0, 0.05) is 42.2 Å². The zero-order valence-corrected chi connectivity index (χ0v) is 18.5. The van der Waals surface area contributed by atoms with E-state index >= 15 is 0 Å². The van der Waals surface area contributed by atoms with Gasteiger partial charge in [0.1, 0.15) is 17.2 Å². The third-order valence-electron chi connectivity index (χ3n) is 4.53. The van der Waals surface area contributed by atoms with E-state index in [-0.39, 0.29) is 40.9 Å². The second kappa shape index (κ2) is 9.39. The fraction of sp³-hybridized carbons (Fsp3) is 0.227. The number of halogens is 2. The molecule has 0 bridgehead atoms. The third kappa shape index (κ3) is 5.25. The molecule has 0 aliphatic rings. The monoisotopic (exact) mass is 464 g/mol. The smallest absolute Gasteiger partial charge is 0.254 e. The minimum atomic E-state index is -3.56. The van der Waals surface area contributed by atoms with Crippen molar-refractivity contribution < 1.29 is 26.7 Å². The van der Waals surface area contributed by atoms with E-state index in [9.17, 15) is 22.0 Å². The lowest BCUT2D eigenvalue weighted by Crippen LogP contribution is -2.16. The normalized spacial score (nSPS) is 11.3. The maximum Gasteiger partial charge on any atom is 0.254 e. The van der Waals surface area contributed by atoms with Gasteiger partial charge in [0.05, 0.1) is 12.4 Å². The largest absolute Gasteiger partial charge is 0.493 e. The highest BCUT2D eigenvalue weighted by Crippen LogP contribution is 2.39. The maximum absolute atomic E-state index is 13.7. The van der Waals surface area contributed by atoms with E-state index in [4.69, 9.17) is 9.47 Å². The van der Waals surface area contributed by atoms with E-state index in [1.54, 1.807) is 14.0 Å². The summed E-state index contributed by atoms with van der Waals surface area (Å²) in [6.07, 6.45) is 1.53. The summed E-state index contributed by atoms with van der Waals surface area (Å²) in [5, 5.41) is 0. The second-order valence-electron chi connectivity index (χ2n) is 6.83. The number of nitrogens with zero attached hydrogens (tertiary/aromatic N) is 1. The molecule has 1 aromatic heterocycles. The van der Waals surface area contributed by atoms with Crippen LogP contribution >= 0.6 is 0 Å². The second-order valence-corrected chi connectivity index (χ2v) is 8.84.